The fourth-order valence-corrected chi connectivity index (χ4v) is 4.63. The third-order valence-corrected chi connectivity index (χ3v) is 5.95. The van der Waals surface area contributed by atoms with Gasteiger partial charge >= 0.3 is 6.09 Å². The van der Waals surface area contributed by atoms with E-state index in [0.717, 1.165) is 25.7 Å². The quantitative estimate of drug-likeness (QED) is 0.784. The van der Waals surface area contributed by atoms with Crippen molar-refractivity contribution in [3.05, 3.63) is 0 Å². The lowest BCUT2D eigenvalue weighted by Crippen LogP contribution is -2.51. The third-order valence-electron chi connectivity index (χ3n) is 5.95. The number of hydrogen-bond donors (Lipinski definition) is 1. The zero-order chi connectivity index (χ0) is 18.2. The average Bonchev–Trinajstić information content (AvgIpc) is 3.26. The number of cyclic esters (lactones) is 1. The first-order valence-corrected chi connectivity index (χ1v) is 9.40. The molecule has 0 aliphatic carbocycles. The van der Waals surface area contributed by atoms with Gasteiger partial charge in [-0.1, -0.05) is 20.8 Å². The Labute approximate surface area is 149 Å². The maximum atomic E-state index is 12.9. The van der Waals surface area contributed by atoms with Gasteiger partial charge in [-0.25, -0.2) is 4.79 Å². The van der Waals surface area contributed by atoms with Crippen molar-refractivity contribution in [2.45, 2.75) is 58.5 Å². The third kappa shape index (κ3) is 3.09. The molecule has 0 aromatic rings. The lowest BCUT2D eigenvalue weighted by atomic mass is 9.71. The molecule has 3 aliphatic heterocycles. The first kappa shape index (κ1) is 18.0. The van der Waals surface area contributed by atoms with Crippen molar-refractivity contribution in [3.8, 4) is 0 Å². The fraction of sp³-hybridized carbons (Fsp3) is 0.833. The highest BCUT2D eigenvalue weighted by molar-refractivity contribution is 5.88. The van der Waals surface area contributed by atoms with Crippen LogP contribution in [0, 0.1) is 11.3 Å². The molecule has 140 valence electrons. The number of fused-ring (bicyclic) bond motifs is 2. The number of ether oxygens (including phenoxy) is 1. The van der Waals surface area contributed by atoms with Gasteiger partial charge in [-0.05, 0) is 31.6 Å². The average molecular weight is 351 g/mol. The summed E-state index contributed by atoms with van der Waals surface area (Å²) in [6.07, 6.45) is 2.85. The SMILES string of the molecule is CC[C@@]1(C(=O)NCC(C)C)C[C@@H]2CC[C@H]1N2C(=O)CN1CCOC1=O. The number of nitrogens with one attached hydrogen (secondary N) is 1. The van der Waals surface area contributed by atoms with Crippen LogP contribution in [-0.4, -0.2) is 66.0 Å². The summed E-state index contributed by atoms with van der Waals surface area (Å²) in [7, 11) is 0. The number of hydrogen-bond acceptors (Lipinski definition) is 4. The lowest BCUT2D eigenvalue weighted by molar-refractivity contribution is -0.137. The van der Waals surface area contributed by atoms with E-state index in [0.29, 0.717) is 25.6 Å². The topological polar surface area (TPSA) is 79.0 Å². The molecule has 0 radical (unpaired) electrons. The van der Waals surface area contributed by atoms with Crippen LogP contribution in [0.1, 0.15) is 46.5 Å². The van der Waals surface area contributed by atoms with E-state index in [-0.39, 0.29) is 30.4 Å². The van der Waals surface area contributed by atoms with Gasteiger partial charge in [-0.15, -0.1) is 0 Å². The van der Waals surface area contributed by atoms with Gasteiger partial charge in [0.1, 0.15) is 13.2 Å². The predicted molar refractivity (Wildman–Crippen MR) is 91.8 cm³/mol. The van der Waals surface area contributed by atoms with Crippen LogP contribution in [0.25, 0.3) is 0 Å². The highest BCUT2D eigenvalue weighted by Gasteiger charge is 2.60. The largest absolute Gasteiger partial charge is 0.448 e. The van der Waals surface area contributed by atoms with Gasteiger partial charge < -0.3 is 15.0 Å². The van der Waals surface area contributed by atoms with Gasteiger partial charge in [-0.3, -0.25) is 14.5 Å². The number of carbonyl (C=O) groups excluding carboxylic acids is 3. The molecule has 2 bridgehead atoms. The van der Waals surface area contributed by atoms with Gasteiger partial charge in [0.25, 0.3) is 0 Å². The predicted octanol–water partition coefficient (Wildman–Crippen LogP) is 1.37. The molecule has 1 N–H and O–H groups in total. The molecule has 0 aromatic carbocycles. The van der Waals surface area contributed by atoms with Crippen molar-refractivity contribution >= 4 is 17.9 Å². The summed E-state index contributed by atoms with van der Waals surface area (Å²) in [5.74, 6) is 0.419. The van der Waals surface area contributed by atoms with Gasteiger partial charge in [-0.2, -0.15) is 0 Å². The van der Waals surface area contributed by atoms with Gasteiger partial charge in [0.15, 0.2) is 0 Å². The number of carbonyl (C=O) groups is 3. The molecule has 0 unspecified atom stereocenters. The van der Waals surface area contributed by atoms with Gasteiger partial charge in [0.2, 0.25) is 11.8 Å². The van der Waals surface area contributed by atoms with Crippen LogP contribution in [0.3, 0.4) is 0 Å². The molecule has 25 heavy (non-hydrogen) atoms. The second-order valence-corrected chi connectivity index (χ2v) is 7.90. The van der Waals surface area contributed by atoms with Crippen LogP contribution in [0.2, 0.25) is 0 Å². The molecule has 0 saturated carbocycles. The van der Waals surface area contributed by atoms with Crippen LogP contribution in [0.4, 0.5) is 4.79 Å². The molecule has 3 saturated heterocycles. The van der Waals surface area contributed by atoms with Crippen molar-refractivity contribution in [1.82, 2.24) is 15.1 Å². The Kier molecular flexibility index (Phi) is 4.93. The molecule has 3 fully saturated rings. The van der Waals surface area contributed by atoms with Crippen LogP contribution < -0.4 is 5.32 Å². The highest BCUT2D eigenvalue weighted by atomic mass is 16.6. The molecule has 3 aliphatic rings. The van der Waals surface area contributed by atoms with E-state index < -0.39 is 11.5 Å². The van der Waals surface area contributed by atoms with E-state index in [9.17, 15) is 14.4 Å². The van der Waals surface area contributed by atoms with E-state index in [1.54, 1.807) is 0 Å². The second kappa shape index (κ2) is 6.84. The minimum absolute atomic E-state index is 0.0548. The molecule has 7 nitrogen and oxygen atoms in total. The van der Waals surface area contributed by atoms with Crippen LogP contribution >= 0.6 is 0 Å². The zero-order valence-corrected chi connectivity index (χ0v) is 15.4. The highest BCUT2D eigenvalue weighted by Crippen LogP contribution is 2.52. The summed E-state index contributed by atoms with van der Waals surface area (Å²) in [5, 5.41) is 3.08. The minimum atomic E-state index is -0.487. The molecular weight excluding hydrogens is 322 g/mol. The molecule has 3 heterocycles. The lowest BCUT2D eigenvalue weighted by Gasteiger charge is -2.35. The molecule has 7 heteroatoms. The Bertz CT molecular complexity index is 565. The van der Waals surface area contributed by atoms with E-state index in [4.69, 9.17) is 4.74 Å². The maximum absolute atomic E-state index is 12.9. The van der Waals surface area contributed by atoms with Crippen molar-refractivity contribution in [1.29, 1.82) is 0 Å². The summed E-state index contributed by atoms with van der Waals surface area (Å²) in [6.45, 7) is 7.70. The van der Waals surface area contributed by atoms with Crippen molar-refractivity contribution in [2.75, 3.05) is 26.2 Å². The second-order valence-electron chi connectivity index (χ2n) is 7.90. The summed E-state index contributed by atoms with van der Waals surface area (Å²) >= 11 is 0. The summed E-state index contributed by atoms with van der Waals surface area (Å²) in [5.41, 5.74) is -0.487. The van der Waals surface area contributed by atoms with E-state index in [2.05, 4.69) is 19.2 Å². The maximum Gasteiger partial charge on any atom is 0.410 e. The van der Waals surface area contributed by atoms with E-state index in [1.807, 2.05) is 11.8 Å². The van der Waals surface area contributed by atoms with E-state index >= 15 is 0 Å². The molecule has 0 aromatic heterocycles. The van der Waals surface area contributed by atoms with Crippen molar-refractivity contribution in [2.24, 2.45) is 11.3 Å². The number of amides is 3. The Morgan fingerprint density at radius 2 is 2.12 bits per heavy atom. The Balaban J connectivity index is 1.71. The molecule has 3 amide bonds. The van der Waals surface area contributed by atoms with Crippen molar-refractivity contribution < 1.29 is 19.1 Å². The minimum Gasteiger partial charge on any atom is -0.448 e. The standard InChI is InChI=1S/C18H29N3O4/c1-4-18(16(23)19-10-12(2)3)9-13-5-6-14(18)21(13)15(22)11-20-7-8-25-17(20)24/h12-14H,4-11H2,1-3H3,(H,19,23)/t13-,14+,18+/m0/s1. The Morgan fingerprint density at radius 3 is 2.72 bits per heavy atom. The van der Waals surface area contributed by atoms with Crippen LogP contribution in [0.5, 0.6) is 0 Å². The number of rotatable bonds is 6. The van der Waals surface area contributed by atoms with Gasteiger partial charge in [0.05, 0.1) is 12.0 Å². The summed E-state index contributed by atoms with van der Waals surface area (Å²) < 4.78 is 4.91. The normalized spacial score (nSPS) is 31.0. The number of nitrogens with zero attached hydrogens (tertiary/aromatic N) is 2. The summed E-state index contributed by atoms with van der Waals surface area (Å²) in [6, 6.07) is 0.0571. The van der Waals surface area contributed by atoms with Gasteiger partial charge in [0, 0.05) is 18.6 Å². The summed E-state index contributed by atoms with van der Waals surface area (Å²) in [4.78, 5) is 40.7. The Morgan fingerprint density at radius 1 is 1.36 bits per heavy atom. The van der Waals surface area contributed by atoms with E-state index in [1.165, 1.54) is 4.90 Å². The van der Waals surface area contributed by atoms with Crippen LogP contribution in [0.15, 0.2) is 0 Å². The van der Waals surface area contributed by atoms with Crippen LogP contribution in [-0.2, 0) is 14.3 Å². The molecule has 0 spiro atoms. The monoisotopic (exact) mass is 351 g/mol. The molecule has 3 rings (SSSR count). The van der Waals surface area contributed by atoms with Crippen molar-refractivity contribution in [3.63, 3.8) is 0 Å². The Hall–Kier alpha value is -1.79. The molecule has 3 atom stereocenters. The molecular formula is C18H29N3O4. The fourth-order valence-electron chi connectivity index (χ4n) is 4.63. The first-order valence-electron chi connectivity index (χ1n) is 9.40. The smallest absolute Gasteiger partial charge is 0.410 e. The first-order chi connectivity index (χ1) is 11.9. The zero-order valence-electron chi connectivity index (χ0n) is 15.4.